The SMILES string of the molecule is Cc1ccc2c(c1)[C@H]1CN(C)CC[C@H]1N2C(=O)c1ccccc1.Cl. The maximum atomic E-state index is 13.1. The lowest BCUT2D eigenvalue weighted by Gasteiger charge is -2.36. The van der Waals surface area contributed by atoms with Crippen molar-refractivity contribution in [1.82, 2.24) is 4.90 Å². The predicted octanol–water partition coefficient (Wildman–Crippen LogP) is 3.86. The predicted molar refractivity (Wildman–Crippen MR) is 100 cm³/mol. The second-order valence-corrected chi connectivity index (χ2v) is 6.83. The number of amides is 1. The van der Waals surface area contributed by atoms with E-state index >= 15 is 0 Å². The van der Waals surface area contributed by atoms with Crippen LogP contribution in [0.2, 0.25) is 0 Å². The topological polar surface area (TPSA) is 23.6 Å². The van der Waals surface area contributed by atoms with E-state index in [1.54, 1.807) is 0 Å². The molecule has 3 nitrogen and oxygen atoms in total. The van der Waals surface area contributed by atoms with Gasteiger partial charge in [0.05, 0.1) is 0 Å². The third-order valence-corrected chi connectivity index (χ3v) is 5.19. The van der Waals surface area contributed by atoms with Crippen molar-refractivity contribution in [2.45, 2.75) is 25.3 Å². The first-order valence-corrected chi connectivity index (χ1v) is 8.33. The van der Waals surface area contributed by atoms with Crippen LogP contribution >= 0.6 is 12.4 Å². The van der Waals surface area contributed by atoms with Gasteiger partial charge in [0, 0.05) is 29.8 Å². The summed E-state index contributed by atoms with van der Waals surface area (Å²) in [5.74, 6) is 0.559. The molecule has 0 bridgehead atoms. The van der Waals surface area contributed by atoms with Crippen molar-refractivity contribution in [3.05, 3.63) is 65.2 Å². The van der Waals surface area contributed by atoms with Gasteiger partial charge in [-0.1, -0.05) is 35.9 Å². The highest BCUT2D eigenvalue weighted by Gasteiger charge is 2.43. The maximum Gasteiger partial charge on any atom is 0.258 e. The molecular weight excluding hydrogens is 320 g/mol. The fourth-order valence-electron chi connectivity index (χ4n) is 4.07. The molecule has 2 atom stereocenters. The Morgan fingerprint density at radius 1 is 1.12 bits per heavy atom. The summed E-state index contributed by atoms with van der Waals surface area (Å²) in [7, 11) is 2.17. The zero-order valence-corrected chi connectivity index (χ0v) is 14.9. The number of hydrogen-bond donors (Lipinski definition) is 0. The van der Waals surface area contributed by atoms with Gasteiger partial charge < -0.3 is 9.80 Å². The van der Waals surface area contributed by atoms with E-state index in [0.29, 0.717) is 5.92 Å². The number of rotatable bonds is 1. The van der Waals surface area contributed by atoms with Gasteiger partial charge in [0.1, 0.15) is 0 Å². The van der Waals surface area contributed by atoms with Gasteiger partial charge in [0.2, 0.25) is 0 Å². The number of benzene rings is 2. The lowest BCUT2D eigenvalue weighted by Crippen LogP contribution is -2.47. The molecule has 4 rings (SSSR count). The Morgan fingerprint density at radius 2 is 1.88 bits per heavy atom. The molecule has 1 amide bonds. The monoisotopic (exact) mass is 342 g/mol. The minimum Gasteiger partial charge on any atom is -0.306 e. The van der Waals surface area contributed by atoms with Crippen molar-refractivity contribution in [1.29, 1.82) is 0 Å². The lowest BCUT2D eigenvalue weighted by molar-refractivity contribution is 0.0964. The lowest BCUT2D eigenvalue weighted by atomic mass is 9.88. The standard InChI is InChI=1S/C20H22N2O.ClH/c1-14-8-9-18-16(12-14)17-13-21(2)11-10-19(17)22(18)20(23)15-6-4-3-5-7-15;/h3-9,12,17,19H,10-11,13H2,1-2H3;1H/t17-,19-;/m1./s1. The summed E-state index contributed by atoms with van der Waals surface area (Å²) < 4.78 is 0. The number of likely N-dealkylation sites (tertiary alicyclic amines) is 1. The van der Waals surface area contributed by atoms with Crippen LogP contribution in [0.15, 0.2) is 48.5 Å². The number of carbonyl (C=O) groups excluding carboxylic acids is 1. The van der Waals surface area contributed by atoms with Crippen molar-refractivity contribution < 1.29 is 4.79 Å². The second-order valence-electron chi connectivity index (χ2n) is 6.83. The summed E-state index contributed by atoms with van der Waals surface area (Å²) in [6, 6.07) is 16.5. The Balaban J connectivity index is 0.00000169. The summed E-state index contributed by atoms with van der Waals surface area (Å²) >= 11 is 0. The van der Waals surface area contributed by atoms with Gasteiger partial charge in [-0.15, -0.1) is 12.4 Å². The van der Waals surface area contributed by atoms with E-state index in [0.717, 1.165) is 30.8 Å². The number of hydrogen-bond acceptors (Lipinski definition) is 2. The molecule has 0 N–H and O–H groups in total. The van der Waals surface area contributed by atoms with Crippen molar-refractivity contribution in [2.75, 3.05) is 25.0 Å². The summed E-state index contributed by atoms with van der Waals surface area (Å²) in [6.07, 6.45) is 1.04. The molecule has 2 aliphatic heterocycles. The third kappa shape index (κ3) is 2.72. The van der Waals surface area contributed by atoms with Gasteiger partial charge in [-0.05, 0) is 50.7 Å². The molecule has 1 fully saturated rings. The summed E-state index contributed by atoms with van der Waals surface area (Å²) in [5.41, 5.74) is 4.49. The molecule has 0 aliphatic carbocycles. The molecule has 0 spiro atoms. The molecule has 0 radical (unpaired) electrons. The van der Waals surface area contributed by atoms with Crippen LogP contribution in [0.5, 0.6) is 0 Å². The van der Waals surface area contributed by atoms with Gasteiger partial charge in [0.15, 0.2) is 0 Å². The molecule has 2 heterocycles. The van der Waals surface area contributed by atoms with E-state index in [9.17, 15) is 4.79 Å². The van der Waals surface area contributed by atoms with Crippen molar-refractivity contribution in [3.8, 4) is 0 Å². The van der Waals surface area contributed by atoms with E-state index in [2.05, 4.69) is 42.0 Å². The van der Waals surface area contributed by atoms with Gasteiger partial charge in [-0.3, -0.25) is 4.79 Å². The smallest absolute Gasteiger partial charge is 0.258 e. The first-order valence-electron chi connectivity index (χ1n) is 8.33. The van der Waals surface area contributed by atoms with Gasteiger partial charge >= 0.3 is 0 Å². The maximum absolute atomic E-state index is 13.1. The Bertz CT molecular complexity index is 747. The van der Waals surface area contributed by atoms with Crippen LogP contribution in [0.4, 0.5) is 5.69 Å². The number of fused-ring (bicyclic) bond motifs is 3. The van der Waals surface area contributed by atoms with Gasteiger partial charge in [-0.25, -0.2) is 0 Å². The molecule has 0 aromatic heterocycles. The Kier molecular flexibility index (Phi) is 4.66. The second kappa shape index (κ2) is 6.58. The van der Waals surface area contributed by atoms with E-state index in [4.69, 9.17) is 0 Å². The number of aryl methyl sites for hydroxylation is 1. The number of halogens is 1. The molecule has 4 heteroatoms. The van der Waals surface area contributed by atoms with E-state index in [1.807, 2.05) is 30.3 Å². The van der Waals surface area contributed by atoms with Crippen molar-refractivity contribution in [3.63, 3.8) is 0 Å². The van der Waals surface area contributed by atoms with Gasteiger partial charge in [-0.2, -0.15) is 0 Å². The fraction of sp³-hybridized carbons (Fsp3) is 0.350. The van der Waals surface area contributed by atoms with Crippen LogP contribution in [-0.2, 0) is 0 Å². The van der Waals surface area contributed by atoms with E-state index in [1.165, 1.54) is 11.1 Å². The van der Waals surface area contributed by atoms with Crippen molar-refractivity contribution in [2.24, 2.45) is 0 Å². The minimum atomic E-state index is 0. The Morgan fingerprint density at radius 3 is 2.62 bits per heavy atom. The molecule has 24 heavy (non-hydrogen) atoms. The average Bonchev–Trinajstić information content (AvgIpc) is 2.88. The van der Waals surface area contributed by atoms with Crippen LogP contribution in [0.25, 0.3) is 0 Å². The molecule has 0 saturated carbocycles. The van der Waals surface area contributed by atoms with Crippen LogP contribution in [0.3, 0.4) is 0 Å². The minimum absolute atomic E-state index is 0. The highest BCUT2D eigenvalue weighted by atomic mass is 35.5. The summed E-state index contributed by atoms with van der Waals surface area (Å²) in [4.78, 5) is 17.6. The zero-order chi connectivity index (χ0) is 16.0. The van der Waals surface area contributed by atoms with E-state index < -0.39 is 0 Å². The molecule has 2 aromatic rings. The highest BCUT2D eigenvalue weighted by Crippen LogP contribution is 2.45. The quantitative estimate of drug-likeness (QED) is 0.785. The zero-order valence-electron chi connectivity index (χ0n) is 14.1. The fourth-order valence-corrected chi connectivity index (χ4v) is 4.07. The molecule has 2 aliphatic rings. The van der Waals surface area contributed by atoms with Gasteiger partial charge in [0.25, 0.3) is 5.91 Å². The average molecular weight is 343 g/mol. The normalized spacial score (nSPS) is 22.5. The van der Waals surface area contributed by atoms with Crippen LogP contribution in [0, 0.1) is 6.92 Å². The number of piperidine rings is 1. The number of nitrogens with zero attached hydrogens (tertiary/aromatic N) is 2. The number of anilines is 1. The largest absolute Gasteiger partial charge is 0.306 e. The number of carbonyl (C=O) groups is 1. The van der Waals surface area contributed by atoms with E-state index in [-0.39, 0.29) is 24.4 Å². The Labute approximate surface area is 149 Å². The Hall–Kier alpha value is -1.84. The van der Waals surface area contributed by atoms with Crippen LogP contribution in [-0.4, -0.2) is 37.0 Å². The molecule has 126 valence electrons. The molecular formula is C20H23ClN2O. The third-order valence-electron chi connectivity index (χ3n) is 5.19. The first-order chi connectivity index (χ1) is 11.1. The highest BCUT2D eigenvalue weighted by molar-refractivity contribution is 6.08. The summed E-state index contributed by atoms with van der Waals surface area (Å²) in [5, 5.41) is 0. The first kappa shape index (κ1) is 17.0. The van der Waals surface area contributed by atoms with Crippen molar-refractivity contribution >= 4 is 24.0 Å². The molecule has 1 saturated heterocycles. The van der Waals surface area contributed by atoms with Crippen LogP contribution < -0.4 is 4.90 Å². The number of likely N-dealkylation sites (N-methyl/N-ethyl adjacent to an activating group) is 1. The molecule has 0 unspecified atom stereocenters. The molecule has 2 aromatic carbocycles. The summed E-state index contributed by atoms with van der Waals surface area (Å²) in [6.45, 7) is 4.20. The van der Waals surface area contributed by atoms with Crippen LogP contribution in [0.1, 0.15) is 33.8 Å².